The first-order valence-corrected chi connectivity index (χ1v) is 15.5. The van der Waals surface area contributed by atoms with Gasteiger partial charge in [0.2, 0.25) is 0 Å². The molecule has 0 atom stereocenters. The van der Waals surface area contributed by atoms with Crippen LogP contribution < -0.4 is 4.90 Å². The third-order valence-electron chi connectivity index (χ3n) is 8.90. The molecule has 0 N–H and O–H groups in total. The van der Waals surface area contributed by atoms with Crippen molar-refractivity contribution in [1.82, 2.24) is 4.98 Å². The number of hydrogen-bond acceptors (Lipinski definition) is 3. The Balaban J connectivity index is 1.27. The lowest BCUT2D eigenvalue weighted by Gasteiger charge is -2.28. The van der Waals surface area contributed by atoms with Gasteiger partial charge in [0.1, 0.15) is 11.1 Å². The standard InChI is InChI=1S/C43H28N2O/c1-2-11-29(12-3-1)30-21-23-33(24-22-30)45(40-20-9-8-18-38(40)37-19-10-15-31-13-4-6-16-35(31)37)34-25-26-41-39(27-34)42-43(46-41)36-17-7-5-14-32(36)28-44-42/h1-28H. The van der Waals surface area contributed by atoms with Gasteiger partial charge in [-0.2, -0.15) is 0 Å². The molecule has 0 aliphatic rings. The zero-order valence-corrected chi connectivity index (χ0v) is 25.0. The van der Waals surface area contributed by atoms with Gasteiger partial charge in [-0.1, -0.05) is 127 Å². The Morgan fingerprint density at radius 1 is 0.457 bits per heavy atom. The van der Waals surface area contributed by atoms with Crippen molar-refractivity contribution in [2.75, 3.05) is 4.90 Å². The van der Waals surface area contributed by atoms with E-state index in [1.54, 1.807) is 0 Å². The molecule has 3 nitrogen and oxygen atoms in total. The third-order valence-corrected chi connectivity index (χ3v) is 8.90. The molecule has 7 aromatic carbocycles. The highest BCUT2D eigenvalue weighted by Gasteiger charge is 2.20. The Bertz CT molecular complexity index is 2530. The van der Waals surface area contributed by atoms with Gasteiger partial charge in [-0.05, 0) is 63.9 Å². The van der Waals surface area contributed by atoms with Crippen molar-refractivity contribution in [2.24, 2.45) is 0 Å². The lowest BCUT2D eigenvalue weighted by atomic mass is 9.96. The number of anilines is 3. The van der Waals surface area contributed by atoms with Gasteiger partial charge in [0.15, 0.2) is 5.58 Å². The minimum absolute atomic E-state index is 0.820. The van der Waals surface area contributed by atoms with Crippen LogP contribution >= 0.6 is 0 Å². The van der Waals surface area contributed by atoms with E-state index in [2.05, 4.69) is 157 Å². The zero-order valence-electron chi connectivity index (χ0n) is 25.0. The zero-order chi connectivity index (χ0) is 30.5. The van der Waals surface area contributed by atoms with Gasteiger partial charge in [0, 0.05) is 39.3 Å². The summed E-state index contributed by atoms with van der Waals surface area (Å²) in [6.07, 6.45) is 1.94. The fourth-order valence-electron chi connectivity index (χ4n) is 6.69. The highest BCUT2D eigenvalue weighted by Crippen LogP contribution is 2.44. The molecule has 0 aliphatic carbocycles. The monoisotopic (exact) mass is 588 g/mol. The summed E-state index contributed by atoms with van der Waals surface area (Å²) in [5.41, 5.74) is 10.4. The molecule has 0 fully saturated rings. The van der Waals surface area contributed by atoms with E-state index < -0.39 is 0 Å². The van der Waals surface area contributed by atoms with Gasteiger partial charge >= 0.3 is 0 Å². The van der Waals surface area contributed by atoms with Crippen LogP contribution in [-0.2, 0) is 0 Å². The number of aromatic nitrogens is 1. The second-order valence-electron chi connectivity index (χ2n) is 11.6. The molecule has 216 valence electrons. The maximum absolute atomic E-state index is 6.44. The van der Waals surface area contributed by atoms with Crippen LogP contribution in [0.15, 0.2) is 174 Å². The van der Waals surface area contributed by atoms with Crippen molar-refractivity contribution in [3.63, 3.8) is 0 Å². The van der Waals surface area contributed by atoms with Crippen LogP contribution in [0.3, 0.4) is 0 Å². The van der Waals surface area contributed by atoms with Crippen LogP contribution in [0, 0.1) is 0 Å². The summed E-state index contributed by atoms with van der Waals surface area (Å²) in [6.45, 7) is 0. The summed E-state index contributed by atoms with van der Waals surface area (Å²) >= 11 is 0. The minimum atomic E-state index is 0.820. The van der Waals surface area contributed by atoms with Gasteiger partial charge in [-0.25, -0.2) is 0 Å². The Labute approximate surface area is 266 Å². The Morgan fingerprint density at radius 2 is 1.11 bits per heavy atom. The normalized spacial score (nSPS) is 11.5. The molecule has 2 aromatic heterocycles. The number of pyridine rings is 1. The van der Waals surface area contributed by atoms with Crippen molar-refractivity contribution in [2.45, 2.75) is 0 Å². The molecular formula is C43H28N2O. The largest absolute Gasteiger partial charge is 0.454 e. The second kappa shape index (κ2) is 10.8. The third kappa shape index (κ3) is 4.33. The first kappa shape index (κ1) is 26.2. The molecule has 9 rings (SSSR count). The molecule has 46 heavy (non-hydrogen) atoms. The van der Waals surface area contributed by atoms with E-state index in [9.17, 15) is 0 Å². The minimum Gasteiger partial charge on any atom is -0.454 e. The maximum Gasteiger partial charge on any atom is 0.161 e. The SMILES string of the molecule is c1ccc(-c2ccc(N(c3ccc4oc5c6ccccc6cnc5c4c3)c3ccccc3-c3cccc4ccccc34)cc2)cc1. The molecular weight excluding hydrogens is 560 g/mol. The fraction of sp³-hybridized carbons (Fsp3) is 0. The van der Waals surface area contributed by atoms with Crippen molar-refractivity contribution >= 4 is 60.7 Å². The van der Waals surface area contributed by atoms with Gasteiger partial charge in [-0.3, -0.25) is 4.98 Å². The smallest absolute Gasteiger partial charge is 0.161 e. The molecule has 0 radical (unpaired) electrons. The molecule has 2 heterocycles. The predicted octanol–water partition coefficient (Wildman–Crippen LogP) is 12.1. The predicted molar refractivity (Wildman–Crippen MR) is 192 cm³/mol. The first-order chi connectivity index (χ1) is 22.8. The van der Waals surface area contributed by atoms with Gasteiger partial charge in [0.25, 0.3) is 0 Å². The quantitative estimate of drug-likeness (QED) is 0.200. The highest BCUT2D eigenvalue weighted by atomic mass is 16.3. The first-order valence-electron chi connectivity index (χ1n) is 15.5. The molecule has 0 aliphatic heterocycles. The number of nitrogens with zero attached hydrogens (tertiary/aromatic N) is 2. The van der Waals surface area contributed by atoms with E-state index in [1.165, 1.54) is 27.5 Å². The van der Waals surface area contributed by atoms with Crippen LogP contribution in [0.1, 0.15) is 0 Å². The molecule has 0 saturated carbocycles. The van der Waals surface area contributed by atoms with Crippen LogP contribution in [0.5, 0.6) is 0 Å². The van der Waals surface area contributed by atoms with Crippen molar-refractivity contribution in [3.8, 4) is 22.3 Å². The van der Waals surface area contributed by atoms with Crippen LogP contribution in [0.4, 0.5) is 17.1 Å². The summed E-state index contributed by atoms with van der Waals surface area (Å²) in [7, 11) is 0. The molecule has 3 heteroatoms. The molecule has 9 aromatic rings. The van der Waals surface area contributed by atoms with Crippen molar-refractivity contribution < 1.29 is 4.42 Å². The van der Waals surface area contributed by atoms with E-state index in [4.69, 9.17) is 9.40 Å². The maximum atomic E-state index is 6.44. The van der Waals surface area contributed by atoms with Gasteiger partial charge in [0.05, 0.1) is 5.69 Å². The number of para-hydroxylation sites is 1. The lowest BCUT2D eigenvalue weighted by molar-refractivity contribution is 0.672. The van der Waals surface area contributed by atoms with Gasteiger partial charge < -0.3 is 9.32 Å². The summed E-state index contributed by atoms with van der Waals surface area (Å²) in [6, 6.07) is 57.9. The number of fused-ring (bicyclic) bond motifs is 6. The number of rotatable bonds is 5. The van der Waals surface area contributed by atoms with E-state index in [0.717, 1.165) is 55.5 Å². The number of benzene rings is 7. The fourth-order valence-corrected chi connectivity index (χ4v) is 6.69. The molecule has 0 saturated heterocycles. The highest BCUT2D eigenvalue weighted by molar-refractivity contribution is 6.13. The van der Waals surface area contributed by atoms with E-state index in [1.807, 2.05) is 18.3 Å². The second-order valence-corrected chi connectivity index (χ2v) is 11.6. The molecule has 0 unspecified atom stereocenters. The molecule has 0 amide bonds. The van der Waals surface area contributed by atoms with Crippen molar-refractivity contribution in [1.29, 1.82) is 0 Å². The summed E-state index contributed by atoms with van der Waals surface area (Å²) in [5.74, 6) is 0. The average molecular weight is 589 g/mol. The number of furan rings is 1. The van der Waals surface area contributed by atoms with Gasteiger partial charge in [-0.15, -0.1) is 0 Å². The summed E-state index contributed by atoms with van der Waals surface area (Å²) in [5, 5.41) is 5.58. The lowest BCUT2D eigenvalue weighted by Crippen LogP contribution is -2.11. The number of hydrogen-bond donors (Lipinski definition) is 0. The van der Waals surface area contributed by atoms with Crippen molar-refractivity contribution in [3.05, 3.63) is 170 Å². The summed E-state index contributed by atoms with van der Waals surface area (Å²) in [4.78, 5) is 7.23. The van der Waals surface area contributed by atoms with Crippen LogP contribution in [-0.4, -0.2) is 4.98 Å². The molecule has 0 spiro atoms. The van der Waals surface area contributed by atoms with E-state index in [-0.39, 0.29) is 0 Å². The Morgan fingerprint density at radius 3 is 1.98 bits per heavy atom. The topological polar surface area (TPSA) is 29.3 Å². The summed E-state index contributed by atoms with van der Waals surface area (Å²) < 4.78 is 6.44. The molecule has 0 bridgehead atoms. The van der Waals surface area contributed by atoms with E-state index in [0.29, 0.717) is 0 Å². The average Bonchev–Trinajstić information content (AvgIpc) is 3.51. The Hall–Kier alpha value is -6.19. The van der Waals surface area contributed by atoms with Crippen LogP contribution in [0.25, 0.3) is 65.9 Å². The van der Waals surface area contributed by atoms with Crippen LogP contribution in [0.2, 0.25) is 0 Å². The van der Waals surface area contributed by atoms with E-state index >= 15 is 0 Å². The Kier molecular flexibility index (Phi) is 6.14.